The Bertz CT molecular complexity index is 1240. The average molecular weight is 420 g/mol. The van der Waals surface area contributed by atoms with E-state index in [0.29, 0.717) is 13.0 Å². The number of imidazole rings is 1. The summed E-state index contributed by atoms with van der Waals surface area (Å²) in [6, 6.07) is 12.8. The van der Waals surface area contributed by atoms with E-state index in [4.69, 9.17) is 4.98 Å². The summed E-state index contributed by atoms with van der Waals surface area (Å²) in [7, 11) is 0. The molecule has 2 N–H and O–H groups in total. The zero-order chi connectivity index (χ0) is 21.4. The number of aromatic nitrogens is 3. The van der Waals surface area contributed by atoms with Crippen molar-refractivity contribution in [1.82, 2.24) is 24.8 Å². The van der Waals surface area contributed by atoms with E-state index in [9.17, 15) is 9.18 Å². The molecule has 7 heteroatoms. The zero-order valence-corrected chi connectivity index (χ0v) is 17.6. The van der Waals surface area contributed by atoms with E-state index >= 15 is 0 Å². The van der Waals surface area contributed by atoms with Crippen molar-refractivity contribution in [2.45, 2.75) is 38.8 Å². The van der Waals surface area contributed by atoms with Crippen LogP contribution in [0.5, 0.6) is 0 Å². The molecule has 0 radical (unpaired) electrons. The molecule has 4 aromatic rings. The van der Waals surface area contributed by atoms with E-state index < -0.39 is 0 Å². The van der Waals surface area contributed by atoms with Crippen molar-refractivity contribution in [3.05, 3.63) is 65.9 Å². The molecule has 5 rings (SSSR count). The molecule has 1 atom stereocenters. The van der Waals surface area contributed by atoms with Crippen LogP contribution in [0.15, 0.2) is 48.7 Å². The molecule has 2 amide bonds. The fourth-order valence-corrected chi connectivity index (χ4v) is 4.73. The first-order valence-corrected chi connectivity index (χ1v) is 10.9. The van der Waals surface area contributed by atoms with Gasteiger partial charge in [-0.25, -0.2) is 14.2 Å². The van der Waals surface area contributed by atoms with Gasteiger partial charge in [-0.1, -0.05) is 12.1 Å². The van der Waals surface area contributed by atoms with Gasteiger partial charge in [0.1, 0.15) is 11.6 Å². The minimum absolute atomic E-state index is 0.0107. The summed E-state index contributed by atoms with van der Waals surface area (Å²) >= 11 is 0. The molecule has 1 fully saturated rings. The SMILES string of the molecule is CCn1c(C2CCCN2C(=O)NCCc2c[nH]c3cc(F)ccc23)nc2ccccc21. The largest absolute Gasteiger partial charge is 0.361 e. The maximum absolute atomic E-state index is 13.4. The van der Waals surface area contributed by atoms with Gasteiger partial charge in [-0.3, -0.25) is 0 Å². The van der Waals surface area contributed by atoms with E-state index in [-0.39, 0.29) is 17.9 Å². The highest BCUT2D eigenvalue weighted by atomic mass is 19.1. The van der Waals surface area contributed by atoms with Gasteiger partial charge in [-0.05, 0) is 62.1 Å². The van der Waals surface area contributed by atoms with Gasteiger partial charge < -0.3 is 19.8 Å². The van der Waals surface area contributed by atoms with Crippen LogP contribution in [0.2, 0.25) is 0 Å². The number of H-pyrrole nitrogens is 1. The Morgan fingerprint density at radius 1 is 1.29 bits per heavy atom. The fourth-order valence-electron chi connectivity index (χ4n) is 4.73. The monoisotopic (exact) mass is 419 g/mol. The molecule has 1 saturated heterocycles. The molecular weight excluding hydrogens is 393 g/mol. The molecule has 0 bridgehead atoms. The number of nitrogens with zero attached hydrogens (tertiary/aromatic N) is 3. The number of hydrogen-bond donors (Lipinski definition) is 2. The van der Waals surface area contributed by atoms with E-state index in [1.165, 1.54) is 12.1 Å². The highest BCUT2D eigenvalue weighted by Crippen LogP contribution is 2.33. The summed E-state index contributed by atoms with van der Waals surface area (Å²) < 4.78 is 15.6. The Labute approximate surface area is 180 Å². The highest BCUT2D eigenvalue weighted by Gasteiger charge is 2.33. The van der Waals surface area contributed by atoms with Gasteiger partial charge in [0.25, 0.3) is 0 Å². The first-order valence-electron chi connectivity index (χ1n) is 10.9. The molecule has 1 aliphatic rings. The number of fused-ring (bicyclic) bond motifs is 2. The van der Waals surface area contributed by atoms with E-state index in [2.05, 4.69) is 27.9 Å². The van der Waals surface area contributed by atoms with Crippen molar-refractivity contribution in [2.75, 3.05) is 13.1 Å². The smallest absolute Gasteiger partial charge is 0.318 e. The summed E-state index contributed by atoms with van der Waals surface area (Å²) in [5.41, 5.74) is 3.94. The minimum Gasteiger partial charge on any atom is -0.361 e. The third kappa shape index (κ3) is 3.54. The Kier molecular flexibility index (Phi) is 5.10. The molecule has 160 valence electrons. The van der Waals surface area contributed by atoms with E-state index in [1.54, 1.807) is 6.07 Å². The maximum Gasteiger partial charge on any atom is 0.318 e. The second-order valence-corrected chi connectivity index (χ2v) is 8.04. The zero-order valence-electron chi connectivity index (χ0n) is 17.6. The lowest BCUT2D eigenvalue weighted by Crippen LogP contribution is -2.40. The fraction of sp³-hybridized carbons (Fsp3) is 0.333. The van der Waals surface area contributed by atoms with Crippen molar-refractivity contribution >= 4 is 28.0 Å². The third-order valence-corrected chi connectivity index (χ3v) is 6.21. The van der Waals surface area contributed by atoms with Crippen LogP contribution in [0.3, 0.4) is 0 Å². The van der Waals surface area contributed by atoms with Gasteiger partial charge in [0, 0.05) is 36.7 Å². The van der Waals surface area contributed by atoms with Crippen molar-refractivity contribution in [1.29, 1.82) is 0 Å². The Morgan fingerprint density at radius 2 is 2.16 bits per heavy atom. The van der Waals surface area contributed by atoms with Gasteiger partial charge in [-0.2, -0.15) is 0 Å². The van der Waals surface area contributed by atoms with Gasteiger partial charge >= 0.3 is 6.03 Å². The van der Waals surface area contributed by atoms with Crippen LogP contribution in [-0.2, 0) is 13.0 Å². The summed E-state index contributed by atoms with van der Waals surface area (Å²) in [5, 5.41) is 4.06. The molecular formula is C24H26FN5O. The van der Waals surface area contributed by atoms with Crippen LogP contribution in [0.25, 0.3) is 21.9 Å². The number of hydrogen-bond acceptors (Lipinski definition) is 2. The molecule has 6 nitrogen and oxygen atoms in total. The van der Waals surface area contributed by atoms with Crippen molar-refractivity contribution in [3.8, 4) is 0 Å². The summed E-state index contributed by atoms with van der Waals surface area (Å²) in [4.78, 5) is 22.9. The number of amides is 2. The number of benzene rings is 2. The summed E-state index contributed by atoms with van der Waals surface area (Å²) in [5.74, 6) is 0.711. The van der Waals surface area contributed by atoms with E-state index in [1.807, 2.05) is 29.3 Å². The molecule has 0 spiro atoms. The predicted molar refractivity (Wildman–Crippen MR) is 119 cm³/mol. The average Bonchev–Trinajstić information content (AvgIpc) is 3.49. The second-order valence-electron chi connectivity index (χ2n) is 8.04. The summed E-state index contributed by atoms with van der Waals surface area (Å²) in [6.45, 7) is 4.19. The van der Waals surface area contributed by atoms with Gasteiger partial charge in [0.2, 0.25) is 0 Å². The minimum atomic E-state index is -0.257. The van der Waals surface area contributed by atoms with Crippen LogP contribution < -0.4 is 5.32 Å². The van der Waals surface area contributed by atoms with Crippen LogP contribution in [0.4, 0.5) is 9.18 Å². The standard InChI is InChI=1S/C24H26FN5O/c1-2-29-21-7-4-3-6-19(21)28-23(29)22-8-5-13-30(22)24(31)26-12-11-16-15-27-20-14-17(25)9-10-18(16)20/h3-4,6-7,9-10,14-15,22,27H,2,5,8,11-13H2,1H3,(H,26,31). The second kappa shape index (κ2) is 8.06. The molecule has 0 aliphatic carbocycles. The topological polar surface area (TPSA) is 66.0 Å². The van der Waals surface area contributed by atoms with Crippen LogP contribution >= 0.6 is 0 Å². The number of aryl methyl sites for hydroxylation is 1. The lowest BCUT2D eigenvalue weighted by atomic mass is 10.1. The Hall–Kier alpha value is -3.35. The molecule has 2 aromatic carbocycles. The molecule has 0 saturated carbocycles. The third-order valence-electron chi connectivity index (χ3n) is 6.21. The number of carbonyl (C=O) groups excluding carboxylic acids is 1. The number of rotatable bonds is 5. The Morgan fingerprint density at radius 3 is 3.03 bits per heavy atom. The van der Waals surface area contributed by atoms with Crippen molar-refractivity contribution in [2.24, 2.45) is 0 Å². The number of para-hydroxylation sites is 2. The quantitative estimate of drug-likeness (QED) is 0.490. The van der Waals surface area contributed by atoms with Crippen LogP contribution in [0.1, 0.15) is 37.2 Å². The number of halogens is 1. The Balaban J connectivity index is 1.29. The molecule has 1 unspecified atom stereocenters. The van der Waals surface area contributed by atoms with Crippen molar-refractivity contribution in [3.63, 3.8) is 0 Å². The number of urea groups is 1. The van der Waals surface area contributed by atoms with Gasteiger partial charge in [-0.15, -0.1) is 0 Å². The van der Waals surface area contributed by atoms with Crippen molar-refractivity contribution < 1.29 is 9.18 Å². The van der Waals surface area contributed by atoms with Crippen LogP contribution in [-0.4, -0.2) is 38.6 Å². The normalized spacial score (nSPS) is 16.5. The summed E-state index contributed by atoms with van der Waals surface area (Å²) in [6.07, 6.45) is 4.46. The number of carbonyl (C=O) groups is 1. The molecule has 2 aromatic heterocycles. The van der Waals surface area contributed by atoms with Gasteiger partial charge in [0.15, 0.2) is 0 Å². The number of likely N-dealkylation sites (tertiary alicyclic amines) is 1. The lowest BCUT2D eigenvalue weighted by molar-refractivity contribution is 0.190. The molecule has 1 aliphatic heterocycles. The highest BCUT2D eigenvalue weighted by molar-refractivity contribution is 5.83. The first-order chi connectivity index (χ1) is 15.2. The number of nitrogens with one attached hydrogen (secondary N) is 2. The first kappa shape index (κ1) is 19.6. The van der Waals surface area contributed by atoms with E-state index in [0.717, 1.165) is 59.3 Å². The molecule has 3 heterocycles. The number of aromatic amines is 1. The predicted octanol–water partition coefficient (Wildman–Crippen LogP) is 4.77. The van der Waals surface area contributed by atoms with Crippen LogP contribution in [0, 0.1) is 5.82 Å². The maximum atomic E-state index is 13.4. The van der Waals surface area contributed by atoms with Gasteiger partial charge in [0.05, 0.1) is 17.1 Å². The lowest BCUT2D eigenvalue weighted by Gasteiger charge is -2.25. The molecule has 31 heavy (non-hydrogen) atoms.